The van der Waals surface area contributed by atoms with Gasteiger partial charge in [-0.15, -0.1) is 16.8 Å². The Morgan fingerprint density at radius 1 is 1.21 bits per heavy atom. The van der Waals surface area contributed by atoms with Crippen molar-refractivity contribution in [3.8, 4) is 5.75 Å². The molecule has 0 saturated carbocycles. The molecule has 0 aliphatic rings. The van der Waals surface area contributed by atoms with Gasteiger partial charge in [0.15, 0.2) is 11.0 Å². The second-order valence-electron chi connectivity index (χ2n) is 8.10. The lowest BCUT2D eigenvalue weighted by Crippen LogP contribution is -2.15. The molecule has 0 radical (unpaired) electrons. The molecule has 0 unspecified atom stereocenters. The van der Waals surface area contributed by atoms with Crippen LogP contribution in [0.3, 0.4) is 0 Å². The fourth-order valence-electron chi connectivity index (χ4n) is 3.45. The third-order valence-electron chi connectivity index (χ3n) is 5.27. The number of benzene rings is 2. The molecule has 1 aromatic heterocycles. The smallest absolute Gasteiger partial charge is 0.234 e. The van der Waals surface area contributed by atoms with E-state index in [1.54, 1.807) is 6.08 Å². The zero-order valence-corrected chi connectivity index (χ0v) is 21.5. The Hall–Kier alpha value is -2.77. The molecule has 1 N–H and O–H groups in total. The van der Waals surface area contributed by atoms with Gasteiger partial charge in [0.05, 0.1) is 5.75 Å². The number of carbonyl (C=O) groups is 1. The summed E-state index contributed by atoms with van der Waals surface area (Å²) in [6.45, 7) is 10.7. The van der Waals surface area contributed by atoms with Gasteiger partial charge in [0.2, 0.25) is 5.91 Å². The van der Waals surface area contributed by atoms with Gasteiger partial charge in [-0.25, -0.2) is 0 Å². The largest absolute Gasteiger partial charge is 0.486 e. The van der Waals surface area contributed by atoms with Crippen molar-refractivity contribution >= 4 is 35.0 Å². The molecule has 0 aliphatic carbocycles. The third kappa shape index (κ3) is 7.11. The number of nitrogens with zero attached hydrogens (tertiary/aromatic N) is 3. The summed E-state index contributed by atoms with van der Waals surface area (Å²) in [5.41, 5.74) is 4.00. The first-order chi connectivity index (χ1) is 16.4. The van der Waals surface area contributed by atoms with Gasteiger partial charge in [0.1, 0.15) is 12.4 Å². The lowest BCUT2D eigenvalue weighted by atomic mass is 10.1. The summed E-state index contributed by atoms with van der Waals surface area (Å²) in [5, 5.41) is 12.9. The second-order valence-corrected chi connectivity index (χ2v) is 9.42. The lowest BCUT2D eigenvalue weighted by Gasteiger charge is -2.11. The number of ether oxygens (including phenoxy) is 1. The molecule has 1 heterocycles. The van der Waals surface area contributed by atoms with Crippen LogP contribution in [0.4, 0.5) is 5.69 Å². The predicted octanol–water partition coefficient (Wildman–Crippen LogP) is 6.39. The normalized spacial score (nSPS) is 10.8. The van der Waals surface area contributed by atoms with Gasteiger partial charge in [-0.1, -0.05) is 54.9 Å². The minimum Gasteiger partial charge on any atom is -0.486 e. The van der Waals surface area contributed by atoms with E-state index in [9.17, 15) is 4.79 Å². The summed E-state index contributed by atoms with van der Waals surface area (Å²) in [7, 11) is 0. The molecule has 34 heavy (non-hydrogen) atoms. The Labute approximate surface area is 210 Å². The van der Waals surface area contributed by atoms with Crippen molar-refractivity contribution in [2.24, 2.45) is 0 Å². The average Bonchev–Trinajstić information content (AvgIpc) is 3.21. The fourth-order valence-corrected chi connectivity index (χ4v) is 4.32. The van der Waals surface area contributed by atoms with Gasteiger partial charge in [0.25, 0.3) is 0 Å². The minimum absolute atomic E-state index is 0.0932. The van der Waals surface area contributed by atoms with Crippen molar-refractivity contribution < 1.29 is 9.53 Å². The summed E-state index contributed by atoms with van der Waals surface area (Å²) in [5.74, 6) is 1.52. The summed E-state index contributed by atoms with van der Waals surface area (Å²) < 4.78 is 7.85. The van der Waals surface area contributed by atoms with Crippen molar-refractivity contribution in [1.29, 1.82) is 0 Å². The number of aryl methyl sites for hydroxylation is 3. The quantitative estimate of drug-likeness (QED) is 0.231. The molecule has 180 valence electrons. The Morgan fingerprint density at radius 2 is 1.91 bits per heavy atom. The number of carbonyl (C=O) groups excluding carboxylic acids is 1. The van der Waals surface area contributed by atoms with Crippen LogP contribution >= 0.6 is 23.4 Å². The van der Waals surface area contributed by atoms with E-state index in [1.165, 1.54) is 30.2 Å². The molecule has 0 spiro atoms. The minimum atomic E-state index is -0.0932. The van der Waals surface area contributed by atoms with Crippen LogP contribution in [-0.2, 0) is 24.4 Å². The van der Waals surface area contributed by atoms with Gasteiger partial charge in [-0.3, -0.25) is 9.36 Å². The molecule has 3 aromatic rings. The number of rotatable bonds is 12. The molecule has 3 rings (SSSR count). The first-order valence-electron chi connectivity index (χ1n) is 11.3. The van der Waals surface area contributed by atoms with E-state index in [1.807, 2.05) is 42.7 Å². The van der Waals surface area contributed by atoms with Crippen molar-refractivity contribution in [3.05, 3.63) is 76.6 Å². The van der Waals surface area contributed by atoms with Gasteiger partial charge in [-0.05, 0) is 67.6 Å². The predicted molar refractivity (Wildman–Crippen MR) is 140 cm³/mol. The van der Waals surface area contributed by atoms with E-state index in [0.29, 0.717) is 17.5 Å². The van der Waals surface area contributed by atoms with E-state index in [-0.39, 0.29) is 18.3 Å². The van der Waals surface area contributed by atoms with E-state index in [4.69, 9.17) is 16.3 Å². The molecular formula is C26H31ClN4O2S. The number of amides is 1. The van der Waals surface area contributed by atoms with E-state index >= 15 is 0 Å². The number of unbranched alkanes of at least 4 members (excludes halogenated alkanes) is 1. The molecule has 6 nitrogen and oxygen atoms in total. The molecule has 0 bridgehead atoms. The second kappa shape index (κ2) is 12.6. The highest BCUT2D eigenvalue weighted by Gasteiger charge is 2.15. The van der Waals surface area contributed by atoms with Crippen molar-refractivity contribution in [2.45, 2.75) is 58.3 Å². The molecule has 0 aliphatic heterocycles. The maximum atomic E-state index is 12.5. The zero-order chi connectivity index (χ0) is 24.5. The molecule has 8 heteroatoms. The standard InChI is InChI=1S/C26H31ClN4O2S/c1-5-7-8-20-9-11-21(12-10-20)28-24(32)17-34-26-30-29-23(31(26)13-6-2)16-33-22-14-18(3)25(27)19(4)15-22/h6,9-12,14-15H,2,5,7-8,13,16-17H2,1,3-4H3,(H,28,32). The Morgan fingerprint density at radius 3 is 2.56 bits per heavy atom. The first kappa shape index (κ1) is 25.8. The molecule has 1 amide bonds. The van der Waals surface area contributed by atoms with Crippen LogP contribution in [0.15, 0.2) is 54.2 Å². The monoisotopic (exact) mass is 498 g/mol. The highest BCUT2D eigenvalue weighted by molar-refractivity contribution is 7.99. The summed E-state index contributed by atoms with van der Waals surface area (Å²) in [6.07, 6.45) is 5.16. The third-order valence-corrected chi connectivity index (χ3v) is 6.84. The SMILES string of the molecule is C=CCn1c(COc2cc(C)c(Cl)c(C)c2)nnc1SCC(=O)Nc1ccc(CCCC)cc1. The summed E-state index contributed by atoms with van der Waals surface area (Å²) in [6, 6.07) is 11.8. The number of allylic oxidation sites excluding steroid dienone is 1. The Kier molecular flexibility index (Phi) is 9.60. The fraction of sp³-hybridized carbons (Fsp3) is 0.346. The maximum Gasteiger partial charge on any atom is 0.234 e. The van der Waals surface area contributed by atoms with Crippen LogP contribution in [0.1, 0.15) is 42.3 Å². The van der Waals surface area contributed by atoms with Crippen molar-refractivity contribution in [2.75, 3.05) is 11.1 Å². The molecule has 2 aromatic carbocycles. The number of hydrogen-bond acceptors (Lipinski definition) is 5. The van der Waals surface area contributed by atoms with E-state index in [2.05, 4.69) is 41.1 Å². The number of anilines is 1. The summed E-state index contributed by atoms with van der Waals surface area (Å²) in [4.78, 5) is 12.5. The van der Waals surface area contributed by atoms with E-state index < -0.39 is 0 Å². The Bertz CT molecular complexity index is 1110. The Balaban J connectivity index is 1.58. The number of nitrogens with one attached hydrogen (secondary N) is 1. The molecule has 0 atom stereocenters. The topological polar surface area (TPSA) is 69.0 Å². The van der Waals surface area contributed by atoms with Gasteiger partial charge < -0.3 is 10.1 Å². The summed E-state index contributed by atoms with van der Waals surface area (Å²) >= 11 is 7.58. The molecule has 0 fully saturated rings. The van der Waals surface area contributed by atoms with Crippen molar-refractivity contribution in [1.82, 2.24) is 14.8 Å². The number of thioether (sulfide) groups is 1. The molecule has 0 saturated heterocycles. The van der Waals surface area contributed by atoms with Crippen LogP contribution in [0, 0.1) is 13.8 Å². The van der Waals surface area contributed by atoms with Crippen LogP contribution in [0.5, 0.6) is 5.75 Å². The van der Waals surface area contributed by atoms with Crippen molar-refractivity contribution in [3.63, 3.8) is 0 Å². The number of hydrogen-bond donors (Lipinski definition) is 1. The number of halogens is 1. The van der Waals surface area contributed by atoms with E-state index in [0.717, 1.165) is 34.0 Å². The van der Waals surface area contributed by atoms with Gasteiger partial charge in [-0.2, -0.15) is 0 Å². The first-order valence-corrected chi connectivity index (χ1v) is 12.7. The average molecular weight is 499 g/mol. The van der Waals surface area contributed by atoms with Crippen LogP contribution in [0.2, 0.25) is 5.02 Å². The lowest BCUT2D eigenvalue weighted by molar-refractivity contribution is -0.113. The highest BCUT2D eigenvalue weighted by Crippen LogP contribution is 2.27. The van der Waals surface area contributed by atoms with Crippen LogP contribution < -0.4 is 10.1 Å². The maximum absolute atomic E-state index is 12.5. The van der Waals surface area contributed by atoms with Crippen LogP contribution in [0.25, 0.3) is 0 Å². The number of aromatic nitrogens is 3. The highest BCUT2D eigenvalue weighted by atomic mass is 35.5. The molecular weight excluding hydrogens is 468 g/mol. The van der Waals surface area contributed by atoms with Gasteiger partial charge >= 0.3 is 0 Å². The van der Waals surface area contributed by atoms with Gasteiger partial charge in [0, 0.05) is 17.3 Å². The zero-order valence-electron chi connectivity index (χ0n) is 19.9. The van der Waals surface area contributed by atoms with Crippen LogP contribution in [-0.4, -0.2) is 26.4 Å².